The molecule has 0 aliphatic rings. The summed E-state index contributed by atoms with van der Waals surface area (Å²) in [5.41, 5.74) is -1.77. The lowest BCUT2D eigenvalue weighted by molar-refractivity contribution is 0.0242. The molecule has 1 N–H and O–H groups in total. The molecule has 0 spiro atoms. The topological polar surface area (TPSA) is 20.2 Å². The number of rotatable bonds is 3. The minimum absolute atomic E-state index is 0.0886. The van der Waals surface area contributed by atoms with E-state index in [9.17, 15) is 13.9 Å². The summed E-state index contributed by atoms with van der Waals surface area (Å²) in [5.74, 6) is -0.209. The average molecular weight is 245 g/mol. The van der Waals surface area contributed by atoms with Crippen molar-refractivity contribution in [2.45, 2.75) is 12.5 Å². The predicted molar refractivity (Wildman–Crippen MR) is 59.0 cm³/mol. The molecule has 0 heterocycles. The molecule has 4 heteroatoms. The summed E-state index contributed by atoms with van der Waals surface area (Å²) in [6.07, 6.45) is 5.19. The Morgan fingerprint density at radius 2 is 2.19 bits per heavy atom. The van der Waals surface area contributed by atoms with Crippen LogP contribution in [0.15, 0.2) is 18.2 Å². The van der Waals surface area contributed by atoms with E-state index in [1.54, 1.807) is 6.92 Å². The number of aliphatic hydroxyl groups is 1. The Hall–Kier alpha value is -1.11. The summed E-state index contributed by atoms with van der Waals surface area (Å²) in [6, 6.07) is 2.90. The second kappa shape index (κ2) is 4.82. The number of benzene rings is 1. The highest BCUT2D eigenvalue weighted by atomic mass is 35.5. The van der Waals surface area contributed by atoms with Gasteiger partial charge in [-0.25, -0.2) is 8.78 Å². The Balaban J connectivity index is 3.29. The van der Waals surface area contributed by atoms with Gasteiger partial charge in [0, 0.05) is 11.6 Å². The van der Waals surface area contributed by atoms with Crippen molar-refractivity contribution in [3.63, 3.8) is 0 Å². The van der Waals surface area contributed by atoms with Crippen LogP contribution in [0.25, 0.3) is 0 Å². The van der Waals surface area contributed by atoms with Crippen LogP contribution in [0.5, 0.6) is 0 Å². The Morgan fingerprint density at radius 1 is 1.56 bits per heavy atom. The van der Waals surface area contributed by atoms with E-state index >= 15 is 0 Å². The molecule has 16 heavy (non-hydrogen) atoms. The first-order valence-electron chi connectivity index (χ1n) is 4.65. The van der Waals surface area contributed by atoms with Crippen molar-refractivity contribution in [2.75, 3.05) is 5.88 Å². The van der Waals surface area contributed by atoms with E-state index in [0.717, 1.165) is 12.1 Å². The summed E-state index contributed by atoms with van der Waals surface area (Å²) in [4.78, 5) is 0. The molecule has 2 atom stereocenters. The van der Waals surface area contributed by atoms with Gasteiger partial charge in [0.25, 0.3) is 0 Å². The zero-order valence-electron chi connectivity index (χ0n) is 8.67. The molecule has 0 saturated carbocycles. The fourth-order valence-electron chi connectivity index (χ4n) is 1.40. The normalized spacial score (nSPS) is 16.2. The SMILES string of the molecule is C#C[C@H](C)[C@](O)(CCl)c1ccc(F)cc1F. The van der Waals surface area contributed by atoms with Crippen molar-refractivity contribution in [3.8, 4) is 12.3 Å². The number of halogens is 3. The maximum atomic E-state index is 13.5. The van der Waals surface area contributed by atoms with Crippen LogP contribution in [-0.2, 0) is 5.60 Å². The fraction of sp³-hybridized carbons (Fsp3) is 0.333. The second-order valence-corrected chi connectivity index (χ2v) is 3.84. The lowest BCUT2D eigenvalue weighted by atomic mass is 9.84. The van der Waals surface area contributed by atoms with Gasteiger partial charge >= 0.3 is 0 Å². The van der Waals surface area contributed by atoms with Gasteiger partial charge in [0.2, 0.25) is 0 Å². The van der Waals surface area contributed by atoms with Gasteiger partial charge in [-0.1, -0.05) is 6.07 Å². The first-order chi connectivity index (χ1) is 7.45. The van der Waals surface area contributed by atoms with Crippen LogP contribution in [0.3, 0.4) is 0 Å². The van der Waals surface area contributed by atoms with Crippen molar-refractivity contribution in [1.82, 2.24) is 0 Å². The van der Waals surface area contributed by atoms with Crippen LogP contribution in [0.1, 0.15) is 12.5 Å². The van der Waals surface area contributed by atoms with Crippen molar-refractivity contribution in [3.05, 3.63) is 35.4 Å². The summed E-state index contributed by atoms with van der Waals surface area (Å²) < 4.78 is 26.2. The first-order valence-corrected chi connectivity index (χ1v) is 5.19. The van der Waals surface area contributed by atoms with Crippen LogP contribution in [0.4, 0.5) is 8.78 Å². The minimum Gasteiger partial charge on any atom is -0.383 e. The maximum Gasteiger partial charge on any atom is 0.132 e. The number of hydrogen-bond acceptors (Lipinski definition) is 1. The number of hydrogen-bond donors (Lipinski definition) is 1. The number of alkyl halides is 1. The molecule has 1 nitrogen and oxygen atoms in total. The quantitative estimate of drug-likeness (QED) is 0.640. The molecular formula is C12H11ClF2O. The lowest BCUT2D eigenvalue weighted by Gasteiger charge is -2.30. The third-order valence-electron chi connectivity index (χ3n) is 2.57. The minimum atomic E-state index is -1.69. The Kier molecular flexibility index (Phi) is 3.90. The van der Waals surface area contributed by atoms with Gasteiger partial charge in [0.05, 0.1) is 11.8 Å². The van der Waals surface area contributed by atoms with Crippen molar-refractivity contribution in [2.24, 2.45) is 5.92 Å². The molecule has 1 rings (SSSR count). The van der Waals surface area contributed by atoms with E-state index < -0.39 is 23.2 Å². The third-order valence-corrected chi connectivity index (χ3v) is 2.98. The van der Waals surface area contributed by atoms with Gasteiger partial charge in [-0.05, 0) is 13.0 Å². The van der Waals surface area contributed by atoms with Gasteiger partial charge in [0.15, 0.2) is 0 Å². The number of terminal acetylenes is 1. The molecule has 0 aliphatic carbocycles. The highest BCUT2D eigenvalue weighted by Crippen LogP contribution is 2.32. The molecule has 0 saturated heterocycles. The lowest BCUT2D eigenvalue weighted by Crippen LogP contribution is -2.35. The second-order valence-electron chi connectivity index (χ2n) is 3.57. The van der Waals surface area contributed by atoms with E-state index in [1.807, 2.05) is 0 Å². The molecule has 0 bridgehead atoms. The highest BCUT2D eigenvalue weighted by molar-refractivity contribution is 6.18. The average Bonchev–Trinajstić information content (AvgIpc) is 2.27. The standard InChI is InChI=1S/C12H11ClF2O/c1-3-8(2)12(16,7-13)10-5-4-9(14)6-11(10)15/h1,4-6,8,16H,7H2,2H3/t8-,12+/m0/s1. The van der Waals surface area contributed by atoms with Crippen molar-refractivity contribution >= 4 is 11.6 Å². The van der Waals surface area contributed by atoms with E-state index in [0.29, 0.717) is 6.07 Å². The molecule has 0 fully saturated rings. The van der Waals surface area contributed by atoms with E-state index in [-0.39, 0.29) is 11.4 Å². The molecule has 0 amide bonds. The summed E-state index contributed by atoms with van der Waals surface area (Å²) in [6.45, 7) is 1.55. The molecule has 0 aromatic heterocycles. The van der Waals surface area contributed by atoms with Crippen LogP contribution >= 0.6 is 11.6 Å². The molecule has 1 aromatic rings. The van der Waals surface area contributed by atoms with E-state index in [1.165, 1.54) is 0 Å². The van der Waals surface area contributed by atoms with E-state index in [4.69, 9.17) is 18.0 Å². The van der Waals surface area contributed by atoms with Gasteiger partial charge in [0.1, 0.15) is 17.2 Å². The molecule has 0 aliphatic heterocycles. The van der Waals surface area contributed by atoms with Gasteiger partial charge < -0.3 is 5.11 Å². The van der Waals surface area contributed by atoms with Crippen LogP contribution in [-0.4, -0.2) is 11.0 Å². The predicted octanol–water partition coefficient (Wildman–Crippen LogP) is 2.66. The molecule has 0 unspecified atom stereocenters. The highest BCUT2D eigenvalue weighted by Gasteiger charge is 2.36. The Bertz CT molecular complexity index is 428. The zero-order chi connectivity index (χ0) is 12.3. The molecule has 86 valence electrons. The Morgan fingerprint density at radius 3 is 2.62 bits per heavy atom. The van der Waals surface area contributed by atoms with Gasteiger partial charge in [-0.15, -0.1) is 23.9 Å². The van der Waals surface area contributed by atoms with E-state index in [2.05, 4.69) is 5.92 Å². The maximum absolute atomic E-state index is 13.5. The first kappa shape index (κ1) is 13.0. The molecule has 1 aromatic carbocycles. The van der Waals surface area contributed by atoms with Gasteiger partial charge in [-0.3, -0.25) is 0 Å². The van der Waals surface area contributed by atoms with Gasteiger partial charge in [-0.2, -0.15) is 0 Å². The van der Waals surface area contributed by atoms with Crippen LogP contribution in [0.2, 0.25) is 0 Å². The van der Waals surface area contributed by atoms with Crippen LogP contribution < -0.4 is 0 Å². The Labute approximate surface area is 98.0 Å². The third kappa shape index (κ3) is 2.18. The zero-order valence-corrected chi connectivity index (χ0v) is 9.43. The summed E-state index contributed by atoms with van der Waals surface area (Å²) >= 11 is 5.62. The smallest absolute Gasteiger partial charge is 0.132 e. The van der Waals surface area contributed by atoms with Crippen LogP contribution in [0, 0.1) is 29.9 Å². The fourth-order valence-corrected chi connectivity index (χ4v) is 1.77. The summed E-state index contributed by atoms with van der Waals surface area (Å²) in [5, 5.41) is 10.2. The molecule has 0 radical (unpaired) electrons. The van der Waals surface area contributed by atoms with Crippen molar-refractivity contribution in [1.29, 1.82) is 0 Å². The molecular weight excluding hydrogens is 234 g/mol. The summed E-state index contributed by atoms with van der Waals surface area (Å²) in [7, 11) is 0. The largest absolute Gasteiger partial charge is 0.383 e. The van der Waals surface area contributed by atoms with Crippen molar-refractivity contribution < 1.29 is 13.9 Å². The monoisotopic (exact) mass is 244 g/mol.